The Balaban J connectivity index is 2.25. The van der Waals surface area contributed by atoms with Crippen LogP contribution in [0.1, 0.15) is 20.8 Å². The normalized spacial score (nSPS) is 17.8. The monoisotopic (exact) mass is 244 g/mol. The molecule has 1 heterocycles. The lowest BCUT2D eigenvalue weighted by atomic mass is 9.97. The van der Waals surface area contributed by atoms with E-state index in [2.05, 4.69) is 5.32 Å². The number of carbonyl (C=O) groups is 2. The Morgan fingerprint density at radius 2 is 2.06 bits per heavy atom. The molecule has 17 heavy (non-hydrogen) atoms. The summed E-state index contributed by atoms with van der Waals surface area (Å²) in [7, 11) is 0. The first-order valence-electron chi connectivity index (χ1n) is 5.71. The summed E-state index contributed by atoms with van der Waals surface area (Å²) in [5.41, 5.74) is -0.520. The molecule has 2 amide bonds. The van der Waals surface area contributed by atoms with Crippen LogP contribution in [0.25, 0.3) is 0 Å². The van der Waals surface area contributed by atoms with Gasteiger partial charge in [-0.15, -0.1) is 0 Å². The van der Waals surface area contributed by atoms with Gasteiger partial charge in [-0.2, -0.15) is 0 Å². The summed E-state index contributed by atoms with van der Waals surface area (Å²) in [4.78, 5) is 23.6. The van der Waals surface area contributed by atoms with Crippen molar-refractivity contribution >= 4 is 12.0 Å². The number of carboxylic acids is 1. The summed E-state index contributed by atoms with van der Waals surface area (Å²) in [6.07, 6.45) is 0. The van der Waals surface area contributed by atoms with Crippen LogP contribution in [0, 0.1) is 5.92 Å². The molecule has 0 aromatic rings. The number of rotatable bonds is 5. The Morgan fingerprint density at radius 1 is 1.47 bits per heavy atom. The van der Waals surface area contributed by atoms with Crippen LogP contribution in [-0.2, 0) is 9.53 Å². The van der Waals surface area contributed by atoms with Crippen molar-refractivity contribution in [1.29, 1.82) is 0 Å². The highest BCUT2D eigenvalue weighted by molar-refractivity contribution is 5.75. The molecule has 1 aliphatic rings. The minimum absolute atomic E-state index is 0.116. The zero-order valence-corrected chi connectivity index (χ0v) is 10.5. The van der Waals surface area contributed by atoms with Gasteiger partial charge in [0.05, 0.1) is 13.1 Å². The highest BCUT2D eigenvalue weighted by atomic mass is 16.5. The summed E-state index contributed by atoms with van der Waals surface area (Å²) in [6, 6.07) is -0.116. The maximum absolute atomic E-state index is 11.6. The number of urea groups is 1. The molecule has 0 saturated carbocycles. The quantitative estimate of drug-likeness (QED) is 0.739. The number of amides is 2. The largest absolute Gasteiger partial charge is 0.480 e. The van der Waals surface area contributed by atoms with E-state index in [1.807, 2.05) is 20.8 Å². The number of likely N-dealkylation sites (tertiary alicyclic amines) is 1. The van der Waals surface area contributed by atoms with Gasteiger partial charge in [0.25, 0.3) is 0 Å². The number of ether oxygens (including phenoxy) is 1. The van der Waals surface area contributed by atoms with Gasteiger partial charge in [0, 0.05) is 6.54 Å². The van der Waals surface area contributed by atoms with Gasteiger partial charge >= 0.3 is 12.0 Å². The lowest BCUT2D eigenvalue weighted by Gasteiger charge is -2.47. The van der Waals surface area contributed by atoms with Crippen molar-refractivity contribution in [1.82, 2.24) is 10.2 Å². The number of hydrogen-bond donors (Lipinski definition) is 2. The Hall–Kier alpha value is -1.30. The summed E-state index contributed by atoms with van der Waals surface area (Å²) >= 11 is 0. The Labute approximate surface area is 101 Å². The second kappa shape index (κ2) is 5.35. The molecule has 2 N–H and O–H groups in total. The number of nitrogens with zero attached hydrogens (tertiary/aromatic N) is 1. The van der Waals surface area contributed by atoms with Crippen LogP contribution in [-0.4, -0.2) is 53.8 Å². The molecule has 0 aromatic carbocycles. The second-order valence-electron chi connectivity index (χ2n) is 5.07. The molecule has 6 heteroatoms. The van der Waals surface area contributed by atoms with E-state index >= 15 is 0 Å². The molecular formula is C11H20N2O4. The van der Waals surface area contributed by atoms with Crippen LogP contribution in [0.5, 0.6) is 0 Å². The van der Waals surface area contributed by atoms with Gasteiger partial charge in [0.15, 0.2) is 0 Å². The second-order valence-corrected chi connectivity index (χ2v) is 5.07. The van der Waals surface area contributed by atoms with Crippen molar-refractivity contribution in [3.05, 3.63) is 0 Å². The fraction of sp³-hybridized carbons (Fsp3) is 0.818. The van der Waals surface area contributed by atoms with Crippen molar-refractivity contribution in [3.8, 4) is 0 Å². The van der Waals surface area contributed by atoms with Gasteiger partial charge in [-0.05, 0) is 12.8 Å². The summed E-state index contributed by atoms with van der Waals surface area (Å²) in [5, 5.41) is 11.3. The topological polar surface area (TPSA) is 78.9 Å². The fourth-order valence-electron chi connectivity index (χ4n) is 1.64. The molecule has 0 spiro atoms. The molecule has 1 rings (SSSR count). The molecule has 0 bridgehead atoms. The van der Waals surface area contributed by atoms with Gasteiger partial charge in [0.2, 0.25) is 0 Å². The van der Waals surface area contributed by atoms with Gasteiger partial charge in [-0.1, -0.05) is 13.8 Å². The average molecular weight is 244 g/mol. The van der Waals surface area contributed by atoms with Gasteiger partial charge < -0.3 is 20.1 Å². The van der Waals surface area contributed by atoms with Crippen LogP contribution in [0.2, 0.25) is 0 Å². The number of aliphatic carboxylic acids is 1. The highest BCUT2D eigenvalue weighted by Crippen LogP contribution is 2.24. The average Bonchev–Trinajstić information content (AvgIpc) is 2.19. The van der Waals surface area contributed by atoms with Crippen LogP contribution in [0.3, 0.4) is 0 Å². The number of nitrogens with one attached hydrogen (secondary N) is 1. The van der Waals surface area contributed by atoms with E-state index in [4.69, 9.17) is 9.84 Å². The molecule has 0 aliphatic carbocycles. The van der Waals surface area contributed by atoms with Crippen molar-refractivity contribution in [2.45, 2.75) is 26.4 Å². The van der Waals surface area contributed by atoms with Crippen molar-refractivity contribution in [2.24, 2.45) is 5.92 Å². The summed E-state index contributed by atoms with van der Waals surface area (Å²) < 4.78 is 5.21. The van der Waals surface area contributed by atoms with Gasteiger partial charge in [-0.25, -0.2) is 9.59 Å². The maximum Gasteiger partial charge on any atom is 0.329 e. The highest BCUT2D eigenvalue weighted by Gasteiger charge is 2.42. The zero-order valence-electron chi connectivity index (χ0n) is 10.5. The molecule has 0 aromatic heterocycles. The molecule has 1 fully saturated rings. The molecule has 6 nitrogen and oxygen atoms in total. The van der Waals surface area contributed by atoms with E-state index < -0.39 is 11.6 Å². The first-order chi connectivity index (χ1) is 7.82. The summed E-state index contributed by atoms with van der Waals surface area (Å²) in [6.45, 7) is 7.05. The van der Waals surface area contributed by atoms with Gasteiger partial charge in [-0.3, -0.25) is 0 Å². The van der Waals surface area contributed by atoms with E-state index in [1.54, 1.807) is 4.90 Å². The lowest BCUT2D eigenvalue weighted by Crippen LogP contribution is -2.65. The smallest absolute Gasteiger partial charge is 0.329 e. The van der Waals surface area contributed by atoms with Crippen molar-refractivity contribution in [3.63, 3.8) is 0 Å². The predicted molar refractivity (Wildman–Crippen MR) is 61.8 cm³/mol. The van der Waals surface area contributed by atoms with E-state index in [9.17, 15) is 9.59 Å². The van der Waals surface area contributed by atoms with E-state index in [0.717, 1.165) is 0 Å². The minimum atomic E-state index is -0.992. The minimum Gasteiger partial charge on any atom is -0.480 e. The number of hydrogen-bond acceptors (Lipinski definition) is 3. The third-order valence-corrected chi connectivity index (χ3v) is 2.54. The standard InChI is InChI=1S/C11H20N2O4/c1-8(2)4-12-10(16)13-6-11(3,7-13)17-5-9(14)15/h8H,4-7H2,1-3H3,(H,12,16)(H,14,15). The first-order valence-corrected chi connectivity index (χ1v) is 5.71. The van der Waals surface area contributed by atoms with Crippen LogP contribution in [0.4, 0.5) is 4.79 Å². The van der Waals surface area contributed by atoms with E-state index in [0.29, 0.717) is 25.6 Å². The fourth-order valence-corrected chi connectivity index (χ4v) is 1.64. The van der Waals surface area contributed by atoms with E-state index in [-0.39, 0.29) is 12.6 Å². The molecule has 0 atom stereocenters. The SMILES string of the molecule is CC(C)CNC(=O)N1CC(C)(OCC(=O)O)C1. The Kier molecular flexibility index (Phi) is 4.34. The third kappa shape index (κ3) is 4.22. The maximum atomic E-state index is 11.6. The lowest BCUT2D eigenvalue weighted by molar-refractivity contribution is -0.159. The molecule has 1 aliphatic heterocycles. The van der Waals surface area contributed by atoms with Gasteiger partial charge in [0.1, 0.15) is 12.2 Å². The molecular weight excluding hydrogens is 224 g/mol. The van der Waals surface area contributed by atoms with Crippen molar-refractivity contribution in [2.75, 3.05) is 26.2 Å². The molecule has 1 saturated heterocycles. The first kappa shape index (κ1) is 13.8. The van der Waals surface area contributed by atoms with Crippen LogP contribution >= 0.6 is 0 Å². The molecule has 0 unspecified atom stereocenters. The predicted octanol–water partition coefficient (Wildman–Crippen LogP) is 0.527. The van der Waals surface area contributed by atoms with E-state index in [1.165, 1.54) is 0 Å². The van der Waals surface area contributed by atoms with Crippen LogP contribution < -0.4 is 5.32 Å². The Bertz CT molecular complexity index is 298. The van der Waals surface area contributed by atoms with Crippen molar-refractivity contribution < 1.29 is 19.4 Å². The Morgan fingerprint density at radius 3 is 2.53 bits per heavy atom. The third-order valence-electron chi connectivity index (χ3n) is 2.54. The summed E-state index contributed by atoms with van der Waals surface area (Å²) in [5.74, 6) is -0.580. The number of carboxylic acid groups (broad SMARTS) is 1. The number of carbonyl (C=O) groups excluding carboxylic acids is 1. The van der Waals surface area contributed by atoms with Crippen LogP contribution in [0.15, 0.2) is 0 Å². The zero-order chi connectivity index (χ0) is 13.1. The molecule has 0 radical (unpaired) electrons. The molecule has 98 valence electrons.